The van der Waals surface area contributed by atoms with E-state index in [1.807, 2.05) is 55.5 Å². The summed E-state index contributed by atoms with van der Waals surface area (Å²) in [6.45, 7) is 4.24. The van der Waals surface area contributed by atoms with Gasteiger partial charge >= 0.3 is 11.9 Å². The highest BCUT2D eigenvalue weighted by Crippen LogP contribution is 2.36. The average molecular weight is 613 g/mol. The Morgan fingerprint density at radius 3 is 2.41 bits per heavy atom. The summed E-state index contributed by atoms with van der Waals surface area (Å²) in [5.74, 6) is -0.291. The van der Waals surface area contributed by atoms with Crippen LogP contribution in [0.1, 0.15) is 59.8 Å². The fraction of sp³-hybridized carbons (Fsp3) is 0.235. The van der Waals surface area contributed by atoms with Crippen molar-refractivity contribution >= 4 is 29.4 Å². The number of allylic oxidation sites excluding steroid dienone is 1. The smallest absolute Gasteiger partial charge is 0.338 e. The Hall–Kier alpha value is -4.96. The minimum absolute atomic E-state index is 0.196. The number of benzene rings is 3. The Labute approximate surface area is 258 Å². The lowest BCUT2D eigenvalue weighted by molar-refractivity contribution is -0.139. The number of carbonyl (C=O) groups is 2. The van der Waals surface area contributed by atoms with Crippen LogP contribution in [-0.4, -0.2) is 35.3 Å². The summed E-state index contributed by atoms with van der Waals surface area (Å²) in [7, 11) is 1.56. The van der Waals surface area contributed by atoms with Gasteiger partial charge in [-0.05, 0) is 60.9 Å². The van der Waals surface area contributed by atoms with Crippen molar-refractivity contribution in [3.8, 4) is 11.5 Å². The molecule has 0 saturated heterocycles. The number of hydrogen-bond donors (Lipinski definition) is 1. The summed E-state index contributed by atoms with van der Waals surface area (Å²) in [5, 5.41) is 9.07. The van der Waals surface area contributed by atoms with Crippen LogP contribution in [0.4, 0.5) is 0 Å². The van der Waals surface area contributed by atoms with E-state index in [9.17, 15) is 14.4 Å². The molecule has 10 heteroatoms. The maximum atomic E-state index is 14.0. The van der Waals surface area contributed by atoms with Gasteiger partial charge in [-0.15, -0.1) is 0 Å². The van der Waals surface area contributed by atoms with Crippen molar-refractivity contribution in [1.82, 2.24) is 4.57 Å². The van der Waals surface area contributed by atoms with Crippen LogP contribution in [0.3, 0.4) is 0 Å². The number of carbonyl (C=O) groups excluding carboxylic acids is 1. The summed E-state index contributed by atoms with van der Waals surface area (Å²) >= 11 is 1.27. The Morgan fingerprint density at radius 1 is 1.02 bits per heavy atom. The molecular weight excluding hydrogens is 580 g/mol. The molecule has 1 N–H and O–H groups in total. The van der Waals surface area contributed by atoms with Crippen molar-refractivity contribution in [1.29, 1.82) is 0 Å². The predicted molar refractivity (Wildman–Crippen MR) is 167 cm³/mol. The highest BCUT2D eigenvalue weighted by atomic mass is 32.1. The minimum Gasteiger partial charge on any atom is -0.496 e. The molecule has 0 bridgehead atoms. The lowest BCUT2D eigenvalue weighted by Gasteiger charge is -2.26. The van der Waals surface area contributed by atoms with Crippen molar-refractivity contribution in [2.24, 2.45) is 4.99 Å². The number of aromatic carboxylic acids is 1. The largest absolute Gasteiger partial charge is 0.496 e. The van der Waals surface area contributed by atoms with Crippen LogP contribution >= 0.6 is 11.3 Å². The topological polar surface area (TPSA) is 116 Å². The van der Waals surface area contributed by atoms with Crippen LogP contribution in [-0.2, 0) is 16.1 Å². The van der Waals surface area contributed by atoms with E-state index in [4.69, 9.17) is 24.3 Å². The molecule has 1 atom stereocenters. The van der Waals surface area contributed by atoms with E-state index in [0.717, 1.165) is 17.5 Å². The van der Waals surface area contributed by atoms with Crippen LogP contribution in [0.2, 0.25) is 0 Å². The first-order chi connectivity index (χ1) is 21.3. The maximum absolute atomic E-state index is 14.0. The van der Waals surface area contributed by atoms with Crippen LogP contribution in [0.15, 0.2) is 93.9 Å². The van der Waals surface area contributed by atoms with E-state index in [1.165, 1.54) is 11.3 Å². The average Bonchev–Trinajstić information content (AvgIpc) is 3.34. The van der Waals surface area contributed by atoms with Crippen molar-refractivity contribution in [2.45, 2.75) is 39.3 Å². The summed E-state index contributed by atoms with van der Waals surface area (Å²) in [6, 6.07) is 20.4. The van der Waals surface area contributed by atoms with E-state index in [-0.39, 0.29) is 24.3 Å². The van der Waals surface area contributed by atoms with Gasteiger partial charge in [0.15, 0.2) is 4.80 Å². The van der Waals surface area contributed by atoms with Gasteiger partial charge in [-0.2, -0.15) is 0 Å². The lowest BCUT2D eigenvalue weighted by atomic mass is 9.93. The number of ether oxygens (including phenoxy) is 3. The van der Waals surface area contributed by atoms with Crippen LogP contribution in [0.25, 0.3) is 6.08 Å². The molecule has 2 heterocycles. The maximum Gasteiger partial charge on any atom is 0.338 e. The number of methoxy groups -OCH3 is 1. The third-order valence-corrected chi connectivity index (χ3v) is 8.09. The molecule has 0 amide bonds. The number of esters is 1. The number of carboxylic acids is 1. The Balaban J connectivity index is 1.51. The van der Waals surface area contributed by atoms with Gasteiger partial charge in [0.1, 0.15) is 24.1 Å². The molecule has 226 valence electrons. The first kappa shape index (κ1) is 30.5. The minimum atomic E-state index is -0.975. The monoisotopic (exact) mass is 612 g/mol. The zero-order valence-corrected chi connectivity index (χ0v) is 25.4. The van der Waals surface area contributed by atoms with Crippen molar-refractivity contribution in [2.75, 3.05) is 13.7 Å². The Morgan fingerprint density at radius 2 is 1.75 bits per heavy atom. The number of aromatic nitrogens is 1. The molecule has 0 spiro atoms. The van der Waals surface area contributed by atoms with Crippen molar-refractivity contribution < 1.29 is 28.9 Å². The molecule has 0 aliphatic carbocycles. The van der Waals surface area contributed by atoms with Gasteiger partial charge in [-0.25, -0.2) is 14.6 Å². The number of nitrogens with zero attached hydrogens (tertiary/aromatic N) is 2. The molecule has 0 radical (unpaired) electrons. The second-order valence-corrected chi connectivity index (χ2v) is 11.0. The molecule has 0 unspecified atom stereocenters. The number of hydrogen-bond acceptors (Lipinski definition) is 8. The van der Waals surface area contributed by atoms with Crippen molar-refractivity contribution in [3.63, 3.8) is 0 Å². The second kappa shape index (κ2) is 13.6. The first-order valence-corrected chi connectivity index (χ1v) is 15.1. The zero-order chi connectivity index (χ0) is 31.2. The molecule has 5 rings (SSSR count). The number of carboxylic acid groups (broad SMARTS) is 1. The molecule has 0 fully saturated rings. The number of rotatable bonds is 11. The number of para-hydroxylation sites is 1. The van der Waals surface area contributed by atoms with E-state index < -0.39 is 18.0 Å². The second-order valence-electron chi connectivity index (χ2n) is 10.0. The van der Waals surface area contributed by atoms with Gasteiger partial charge in [0, 0.05) is 5.56 Å². The van der Waals surface area contributed by atoms with E-state index in [0.29, 0.717) is 44.1 Å². The van der Waals surface area contributed by atoms with Crippen LogP contribution in [0.5, 0.6) is 11.5 Å². The standard InChI is InChI=1S/C34H32N2O7S/c1-4-8-26-29(33(40)42-5-2)30(25-9-6-7-10-27(25)41-3)36-31(37)28(44-34(36)35-26)19-21-13-17-24(18-14-21)43-20-22-11-15-23(16-12-22)32(38)39/h6-7,9-19,30H,4-5,8,20H2,1-3H3,(H,38,39)/t30-/m1/s1. The fourth-order valence-electron chi connectivity index (χ4n) is 5.03. The third kappa shape index (κ3) is 6.35. The molecule has 4 aromatic rings. The lowest BCUT2D eigenvalue weighted by Crippen LogP contribution is -2.40. The summed E-state index contributed by atoms with van der Waals surface area (Å²) < 4.78 is 19.0. The van der Waals surface area contributed by atoms with Gasteiger partial charge in [0.2, 0.25) is 0 Å². The molecule has 9 nitrogen and oxygen atoms in total. The molecule has 1 aliphatic heterocycles. The SMILES string of the molecule is CCCC1=C(C(=O)OCC)[C@@H](c2ccccc2OC)n2c(sc(=Cc3ccc(OCc4ccc(C(=O)O)cc4)cc3)c2=O)=N1. The Bertz CT molecular complexity index is 1890. The number of thiazole rings is 1. The van der Waals surface area contributed by atoms with Gasteiger partial charge in [0.25, 0.3) is 5.56 Å². The highest BCUT2D eigenvalue weighted by molar-refractivity contribution is 7.07. The zero-order valence-electron chi connectivity index (χ0n) is 24.6. The summed E-state index contributed by atoms with van der Waals surface area (Å²) in [6.07, 6.45) is 3.11. The molecule has 0 saturated carbocycles. The van der Waals surface area contributed by atoms with Gasteiger partial charge in [-0.1, -0.05) is 67.1 Å². The molecular formula is C34H32N2O7S. The van der Waals surface area contributed by atoms with Gasteiger partial charge in [-0.3, -0.25) is 9.36 Å². The normalized spacial score (nSPS) is 14.5. The van der Waals surface area contributed by atoms with E-state index in [2.05, 4.69) is 0 Å². The van der Waals surface area contributed by atoms with Crippen LogP contribution < -0.4 is 24.4 Å². The molecule has 1 aliphatic rings. The molecule has 3 aromatic carbocycles. The van der Waals surface area contributed by atoms with E-state index in [1.54, 1.807) is 48.9 Å². The van der Waals surface area contributed by atoms with Crippen molar-refractivity contribution in [3.05, 3.63) is 126 Å². The fourth-order valence-corrected chi connectivity index (χ4v) is 6.05. The Kier molecular flexibility index (Phi) is 9.40. The van der Waals surface area contributed by atoms with Gasteiger partial charge in [0.05, 0.1) is 35.1 Å². The quantitative estimate of drug-likeness (QED) is 0.241. The first-order valence-electron chi connectivity index (χ1n) is 14.2. The van der Waals surface area contributed by atoms with E-state index >= 15 is 0 Å². The third-order valence-electron chi connectivity index (χ3n) is 7.11. The number of fused-ring (bicyclic) bond motifs is 1. The highest BCUT2D eigenvalue weighted by Gasteiger charge is 2.35. The van der Waals surface area contributed by atoms with Crippen LogP contribution in [0, 0.1) is 0 Å². The molecule has 1 aromatic heterocycles. The van der Waals surface area contributed by atoms with Gasteiger partial charge < -0.3 is 19.3 Å². The summed E-state index contributed by atoms with van der Waals surface area (Å²) in [4.78, 5) is 43.7. The summed E-state index contributed by atoms with van der Waals surface area (Å²) in [5.41, 5.74) is 3.21. The molecule has 44 heavy (non-hydrogen) atoms. The predicted octanol–water partition coefficient (Wildman–Crippen LogP) is 4.86.